The van der Waals surface area contributed by atoms with Gasteiger partial charge in [-0.3, -0.25) is 14.6 Å². The summed E-state index contributed by atoms with van der Waals surface area (Å²) in [4.78, 5) is 30.0. The number of H-pyrrole nitrogens is 1. The fourth-order valence-corrected chi connectivity index (χ4v) is 3.97. The molecule has 0 fully saturated rings. The molecule has 2 aromatic carbocycles. The Bertz CT molecular complexity index is 1110. The Kier molecular flexibility index (Phi) is 4.49. The summed E-state index contributed by atoms with van der Waals surface area (Å²) >= 11 is 7.79. The van der Waals surface area contributed by atoms with Gasteiger partial charge in [-0.15, -0.1) is 0 Å². The molecule has 0 radical (unpaired) electrons. The molecule has 1 aliphatic heterocycles. The minimum atomic E-state index is -0.658. The third-order valence-electron chi connectivity index (χ3n) is 4.47. The molecule has 0 bridgehead atoms. The van der Waals surface area contributed by atoms with Crippen molar-refractivity contribution in [3.63, 3.8) is 0 Å². The highest BCUT2D eigenvalue weighted by molar-refractivity contribution is 7.98. The molecule has 6 nitrogen and oxygen atoms in total. The average molecular weight is 400 g/mol. The molecule has 1 amide bonds. The van der Waals surface area contributed by atoms with Crippen molar-refractivity contribution in [3.8, 4) is 11.3 Å². The number of anilines is 1. The smallest absolute Gasteiger partial charge is 0.291 e. The monoisotopic (exact) mass is 399 g/mol. The van der Waals surface area contributed by atoms with Crippen molar-refractivity contribution in [2.45, 2.75) is 18.2 Å². The van der Waals surface area contributed by atoms with Crippen LogP contribution in [0.3, 0.4) is 0 Å². The number of aromatic amines is 1. The highest BCUT2D eigenvalue weighted by Crippen LogP contribution is 2.38. The third-order valence-corrected chi connectivity index (χ3v) is 5.39. The number of hydrogen-bond donors (Lipinski definition) is 1. The third kappa shape index (κ3) is 2.83. The summed E-state index contributed by atoms with van der Waals surface area (Å²) in [6.45, 7) is 1.49. The van der Waals surface area contributed by atoms with Gasteiger partial charge in [-0.2, -0.15) is 0 Å². The maximum Gasteiger partial charge on any atom is 0.325 e. The van der Waals surface area contributed by atoms with Crippen LogP contribution < -0.4 is 15.1 Å². The van der Waals surface area contributed by atoms with Crippen LogP contribution in [0.5, 0.6) is 0 Å². The highest BCUT2D eigenvalue weighted by atomic mass is 35.5. The van der Waals surface area contributed by atoms with E-state index in [0.29, 0.717) is 32.7 Å². The quantitative estimate of drug-likeness (QED) is 0.531. The number of halogens is 1. The van der Waals surface area contributed by atoms with Crippen LogP contribution >= 0.6 is 23.4 Å². The SMILES string of the molecule is CSc1n[n+]2c(c(=O)[nH]1)-c1ccccc1N(C(C)=O)[C@H]2c1ccccc1Cl. The molecular weight excluding hydrogens is 384 g/mol. The van der Waals surface area contributed by atoms with Crippen LogP contribution in [0.25, 0.3) is 11.3 Å². The van der Waals surface area contributed by atoms with E-state index in [4.69, 9.17) is 11.6 Å². The fourth-order valence-electron chi connectivity index (χ4n) is 3.37. The number of nitrogens with zero attached hydrogens (tertiary/aromatic N) is 3. The van der Waals surface area contributed by atoms with Crippen molar-refractivity contribution >= 4 is 35.0 Å². The van der Waals surface area contributed by atoms with Crippen molar-refractivity contribution in [2.75, 3.05) is 11.2 Å². The molecule has 3 aromatic rings. The first-order valence-corrected chi connectivity index (χ1v) is 9.87. The first-order valence-electron chi connectivity index (χ1n) is 8.26. The Balaban J connectivity index is 2.12. The summed E-state index contributed by atoms with van der Waals surface area (Å²) in [5, 5.41) is 5.56. The molecule has 4 rings (SSSR count). The Morgan fingerprint density at radius 1 is 1.22 bits per heavy atom. The average Bonchev–Trinajstić information content (AvgIpc) is 2.66. The van der Waals surface area contributed by atoms with Gasteiger partial charge in [0.25, 0.3) is 6.17 Å². The van der Waals surface area contributed by atoms with E-state index in [0.717, 1.165) is 0 Å². The van der Waals surface area contributed by atoms with Gasteiger partial charge in [0.1, 0.15) is 0 Å². The zero-order chi connectivity index (χ0) is 19.1. The minimum Gasteiger partial charge on any atom is -0.291 e. The molecular formula is C19H16ClN4O2S+. The molecule has 1 atom stereocenters. The number of para-hydroxylation sites is 1. The molecule has 8 heteroatoms. The summed E-state index contributed by atoms with van der Waals surface area (Å²) in [7, 11) is 0. The van der Waals surface area contributed by atoms with Crippen molar-refractivity contribution in [3.05, 3.63) is 69.5 Å². The lowest BCUT2D eigenvalue weighted by atomic mass is 10.0. The molecule has 1 N–H and O–H groups in total. The van der Waals surface area contributed by atoms with E-state index in [-0.39, 0.29) is 11.5 Å². The number of amides is 1. The van der Waals surface area contributed by atoms with Crippen LogP contribution in [0.15, 0.2) is 58.5 Å². The first-order chi connectivity index (χ1) is 13.0. The molecule has 136 valence electrons. The van der Waals surface area contributed by atoms with E-state index in [1.165, 1.54) is 18.7 Å². The normalized spacial score (nSPS) is 15.2. The number of benzene rings is 2. The maximum atomic E-state index is 12.9. The molecule has 0 aliphatic carbocycles. The van der Waals surface area contributed by atoms with E-state index in [9.17, 15) is 9.59 Å². The van der Waals surface area contributed by atoms with Gasteiger partial charge in [0.15, 0.2) is 0 Å². The second-order valence-corrected chi connectivity index (χ2v) is 7.26. The number of thioether (sulfide) groups is 1. The number of rotatable bonds is 2. The number of carbonyl (C=O) groups is 1. The first kappa shape index (κ1) is 17.8. The lowest BCUT2D eigenvalue weighted by molar-refractivity contribution is -0.763. The topological polar surface area (TPSA) is 69.9 Å². The standard InChI is InChI=1S/C19H15ClN4O2S/c1-11(25)23-15-10-6-4-8-13(15)16-17(26)21-19(27-2)22-24(16)18(23)12-7-3-5-9-14(12)20/h3-10,18H,1-2H3/p+1/t18-/m1/s1. The van der Waals surface area contributed by atoms with Crippen LogP contribution in [0.2, 0.25) is 5.02 Å². The largest absolute Gasteiger partial charge is 0.325 e. The lowest BCUT2D eigenvalue weighted by Crippen LogP contribution is -2.60. The number of aromatic nitrogens is 3. The van der Waals surface area contributed by atoms with Gasteiger partial charge in [0.2, 0.25) is 11.1 Å². The predicted molar refractivity (Wildman–Crippen MR) is 105 cm³/mol. The van der Waals surface area contributed by atoms with Crippen molar-refractivity contribution in [1.29, 1.82) is 0 Å². The van der Waals surface area contributed by atoms with Crippen LogP contribution in [0.4, 0.5) is 5.69 Å². The van der Waals surface area contributed by atoms with Crippen LogP contribution in [-0.4, -0.2) is 22.2 Å². The van der Waals surface area contributed by atoms with E-state index in [2.05, 4.69) is 10.1 Å². The summed E-state index contributed by atoms with van der Waals surface area (Å²) in [5.74, 6) is -0.168. The van der Waals surface area contributed by atoms with Crippen LogP contribution in [-0.2, 0) is 4.79 Å². The maximum absolute atomic E-state index is 12.9. The summed E-state index contributed by atoms with van der Waals surface area (Å²) in [6.07, 6.45) is 1.17. The molecule has 2 heterocycles. The van der Waals surface area contributed by atoms with Gasteiger partial charge in [0.05, 0.1) is 21.8 Å². The molecule has 1 aromatic heterocycles. The summed E-state index contributed by atoms with van der Waals surface area (Å²) < 4.78 is 1.59. The number of carbonyl (C=O) groups excluding carboxylic acids is 1. The predicted octanol–water partition coefficient (Wildman–Crippen LogP) is 3.01. The Morgan fingerprint density at radius 3 is 2.63 bits per heavy atom. The van der Waals surface area contributed by atoms with Crippen molar-refractivity contribution < 1.29 is 9.48 Å². The van der Waals surface area contributed by atoms with Crippen molar-refractivity contribution in [2.24, 2.45) is 0 Å². The molecule has 0 saturated carbocycles. The Hall–Kier alpha value is -2.64. The molecule has 0 spiro atoms. The minimum absolute atomic E-state index is 0.168. The fraction of sp³-hybridized carbons (Fsp3) is 0.158. The van der Waals surface area contributed by atoms with Gasteiger partial charge in [-0.05, 0) is 35.2 Å². The molecule has 27 heavy (non-hydrogen) atoms. The molecule has 0 saturated heterocycles. The van der Waals surface area contributed by atoms with Crippen molar-refractivity contribution in [1.82, 2.24) is 10.1 Å². The van der Waals surface area contributed by atoms with Gasteiger partial charge >= 0.3 is 11.3 Å². The van der Waals surface area contributed by atoms with Crippen LogP contribution in [0, 0.1) is 0 Å². The summed E-state index contributed by atoms with van der Waals surface area (Å²) in [6, 6.07) is 14.6. The Labute approximate surface area is 164 Å². The zero-order valence-corrected chi connectivity index (χ0v) is 16.2. The van der Waals surface area contributed by atoms with Gasteiger partial charge in [-0.25, -0.2) is 4.90 Å². The molecule has 1 aliphatic rings. The summed E-state index contributed by atoms with van der Waals surface area (Å²) in [5.41, 5.74) is 2.13. The van der Waals surface area contributed by atoms with Gasteiger partial charge < -0.3 is 0 Å². The van der Waals surface area contributed by atoms with E-state index < -0.39 is 6.17 Å². The van der Waals surface area contributed by atoms with Crippen LogP contribution in [0.1, 0.15) is 18.7 Å². The number of fused-ring (bicyclic) bond motifs is 3. The van der Waals surface area contributed by atoms with E-state index >= 15 is 0 Å². The molecule has 0 unspecified atom stereocenters. The van der Waals surface area contributed by atoms with E-state index in [1.807, 2.05) is 48.7 Å². The number of hydrogen-bond acceptors (Lipinski definition) is 4. The van der Waals surface area contributed by atoms with Gasteiger partial charge in [-0.1, -0.05) is 47.6 Å². The number of nitrogens with one attached hydrogen (secondary N) is 1. The zero-order valence-electron chi connectivity index (χ0n) is 14.6. The van der Waals surface area contributed by atoms with Gasteiger partial charge in [0, 0.05) is 12.0 Å². The second kappa shape index (κ2) is 6.83. The highest BCUT2D eigenvalue weighted by Gasteiger charge is 2.45. The van der Waals surface area contributed by atoms with E-state index in [1.54, 1.807) is 15.6 Å². The second-order valence-electron chi connectivity index (χ2n) is 6.06. The Morgan fingerprint density at radius 2 is 1.93 bits per heavy atom. The lowest BCUT2D eigenvalue weighted by Gasteiger charge is -2.31.